The van der Waals surface area contributed by atoms with Crippen molar-refractivity contribution in [2.45, 2.75) is 30.4 Å². The molecule has 2 bridgehead atoms. The summed E-state index contributed by atoms with van der Waals surface area (Å²) in [4.78, 5) is 2.46. The number of nitrogens with zero attached hydrogens (tertiary/aromatic N) is 1. The zero-order valence-corrected chi connectivity index (χ0v) is 12.9. The van der Waals surface area contributed by atoms with Gasteiger partial charge in [-0.2, -0.15) is 0 Å². The van der Waals surface area contributed by atoms with Crippen LogP contribution < -0.4 is 9.47 Å². The van der Waals surface area contributed by atoms with Crippen LogP contribution in [0.1, 0.15) is 17.5 Å². The first-order valence-electron chi connectivity index (χ1n) is 7.98. The number of rotatable bonds is 1. The summed E-state index contributed by atoms with van der Waals surface area (Å²) in [5, 5.41) is 10.5. The molecule has 1 saturated heterocycles. The lowest BCUT2D eigenvalue weighted by Gasteiger charge is -2.56. The molecule has 2 heterocycles. The summed E-state index contributed by atoms with van der Waals surface area (Å²) in [6.07, 6.45) is 6.19. The van der Waals surface area contributed by atoms with Crippen LogP contribution in [0.5, 0.6) is 11.5 Å². The van der Waals surface area contributed by atoms with Crippen LogP contribution in [-0.2, 0) is 11.8 Å². The van der Waals surface area contributed by atoms with Crippen molar-refractivity contribution in [3.05, 3.63) is 41.5 Å². The van der Waals surface area contributed by atoms with E-state index in [1.54, 1.807) is 7.11 Å². The average molecular weight is 298 g/mol. The molecule has 4 heteroatoms. The molecule has 22 heavy (non-hydrogen) atoms. The number of hydrogen-bond donors (Lipinski definition) is 1. The van der Waals surface area contributed by atoms with Gasteiger partial charge in [0.25, 0.3) is 0 Å². The van der Waals surface area contributed by atoms with Crippen LogP contribution in [0.3, 0.4) is 0 Å². The van der Waals surface area contributed by atoms with E-state index < -0.39 is 0 Å². The molecular formula is C18H20NO3. The zero-order valence-electron chi connectivity index (χ0n) is 12.9. The lowest BCUT2D eigenvalue weighted by Crippen LogP contribution is -2.63. The third-order valence-electron chi connectivity index (χ3n) is 6.22. The van der Waals surface area contributed by atoms with Gasteiger partial charge in [0, 0.05) is 22.9 Å². The Bertz CT molecular complexity index is 685. The Kier molecular flexibility index (Phi) is 2.39. The van der Waals surface area contributed by atoms with Gasteiger partial charge in [-0.3, -0.25) is 0 Å². The molecule has 0 saturated carbocycles. The quantitative estimate of drug-likeness (QED) is 0.861. The maximum absolute atomic E-state index is 10.5. The SMILES string of the molecule is COc1ccc2c3c1O[C@H]1[C](O)C=C[C@H]4[C@@H](C2)N(C)CC[C@]314. The number of ether oxygens (including phenoxy) is 2. The van der Waals surface area contributed by atoms with Crippen molar-refractivity contribution in [3.8, 4) is 11.5 Å². The Morgan fingerprint density at radius 3 is 3.09 bits per heavy atom. The van der Waals surface area contributed by atoms with Gasteiger partial charge in [-0.15, -0.1) is 0 Å². The molecular weight excluding hydrogens is 278 g/mol. The summed E-state index contributed by atoms with van der Waals surface area (Å²) in [5.41, 5.74) is 2.53. The molecule has 0 unspecified atom stereocenters. The van der Waals surface area contributed by atoms with E-state index in [9.17, 15) is 5.11 Å². The molecule has 1 fully saturated rings. The number of hydrogen-bond acceptors (Lipinski definition) is 4. The second-order valence-corrected chi connectivity index (χ2v) is 6.98. The normalized spacial score (nSPS) is 38.6. The van der Waals surface area contributed by atoms with Crippen LogP contribution in [0.4, 0.5) is 0 Å². The summed E-state index contributed by atoms with van der Waals surface area (Å²) < 4.78 is 11.8. The molecule has 2 aliphatic heterocycles. The second kappa shape index (κ2) is 4.06. The fourth-order valence-corrected chi connectivity index (χ4v) is 5.25. The van der Waals surface area contributed by atoms with Crippen LogP contribution in [-0.4, -0.2) is 42.9 Å². The van der Waals surface area contributed by atoms with Crippen molar-refractivity contribution in [2.75, 3.05) is 20.7 Å². The first kappa shape index (κ1) is 13.0. The molecule has 2 aliphatic carbocycles. The van der Waals surface area contributed by atoms with E-state index in [1.807, 2.05) is 12.1 Å². The number of methoxy groups -OCH3 is 1. The Labute approximate surface area is 130 Å². The van der Waals surface area contributed by atoms with E-state index in [1.165, 1.54) is 11.1 Å². The lowest BCUT2D eigenvalue weighted by atomic mass is 9.53. The highest BCUT2D eigenvalue weighted by molar-refractivity contribution is 5.63. The minimum absolute atomic E-state index is 0.118. The first-order valence-corrected chi connectivity index (χ1v) is 7.98. The summed E-state index contributed by atoms with van der Waals surface area (Å²) in [7, 11) is 3.89. The van der Waals surface area contributed by atoms with Crippen LogP contribution in [0.15, 0.2) is 24.3 Å². The Morgan fingerprint density at radius 2 is 2.27 bits per heavy atom. The van der Waals surface area contributed by atoms with Crippen LogP contribution in [0, 0.1) is 12.0 Å². The first-order chi connectivity index (χ1) is 10.7. The topological polar surface area (TPSA) is 41.9 Å². The van der Waals surface area contributed by atoms with Gasteiger partial charge < -0.3 is 19.5 Å². The Balaban J connectivity index is 1.82. The van der Waals surface area contributed by atoms with Crippen molar-refractivity contribution in [2.24, 2.45) is 5.92 Å². The molecule has 4 nitrogen and oxygen atoms in total. The summed E-state index contributed by atoms with van der Waals surface area (Å²) in [5.74, 6) is 2.03. The van der Waals surface area contributed by atoms with Gasteiger partial charge >= 0.3 is 0 Å². The number of likely N-dealkylation sites (tertiary alicyclic amines) is 1. The fraction of sp³-hybridized carbons (Fsp3) is 0.500. The van der Waals surface area contributed by atoms with Gasteiger partial charge in [0.15, 0.2) is 17.6 Å². The molecule has 4 atom stereocenters. The third-order valence-corrected chi connectivity index (χ3v) is 6.22. The largest absolute Gasteiger partial charge is 0.493 e. The maximum atomic E-state index is 10.5. The number of aliphatic hydroxyl groups is 1. The molecule has 0 aromatic heterocycles. The van der Waals surface area contributed by atoms with Crippen molar-refractivity contribution in [1.29, 1.82) is 0 Å². The van der Waals surface area contributed by atoms with Crippen molar-refractivity contribution in [1.82, 2.24) is 4.90 Å². The van der Waals surface area contributed by atoms with Crippen LogP contribution in [0.25, 0.3) is 0 Å². The molecule has 1 N–H and O–H groups in total. The van der Waals surface area contributed by atoms with E-state index in [4.69, 9.17) is 9.47 Å². The molecule has 1 aromatic carbocycles. The fourth-order valence-electron chi connectivity index (χ4n) is 5.25. The van der Waals surface area contributed by atoms with Crippen molar-refractivity contribution < 1.29 is 14.6 Å². The van der Waals surface area contributed by atoms with E-state index >= 15 is 0 Å². The number of aliphatic hydroxyl groups excluding tert-OH is 1. The van der Waals surface area contributed by atoms with Crippen molar-refractivity contribution >= 4 is 0 Å². The van der Waals surface area contributed by atoms with E-state index in [2.05, 4.69) is 24.1 Å². The zero-order chi connectivity index (χ0) is 15.1. The molecule has 1 spiro atoms. The highest BCUT2D eigenvalue weighted by Gasteiger charge is 2.64. The highest BCUT2D eigenvalue weighted by Crippen LogP contribution is 2.63. The van der Waals surface area contributed by atoms with Gasteiger partial charge in [-0.1, -0.05) is 12.1 Å². The smallest absolute Gasteiger partial charge is 0.166 e. The summed E-state index contributed by atoms with van der Waals surface area (Å²) in [6.45, 7) is 1.04. The molecule has 4 aliphatic rings. The van der Waals surface area contributed by atoms with E-state index in [0.717, 1.165) is 30.9 Å². The van der Waals surface area contributed by atoms with Crippen LogP contribution >= 0.6 is 0 Å². The number of benzene rings is 1. The molecule has 1 radical (unpaired) electrons. The van der Waals surface area contributed by atoms with Gasteiger partial charge in [0.2, 0.25) is 0 Å². The Hall–Kier alpha value is -1.52. The van der Waals surface area contributed by atoms with E-state index in [-0.39, 0.29) is 11.5 Å². The molecule has 0 amide bonds. The molecule has 1 aromatic rings. The predicted molar refractivity (Wildman–Crippen MR) is 81.6 cm³/mol. The van der Waals surface area contributed by atoms with Gasteiger partial charge in [-0.25, -0.2) is 0 Å². The van der Waals surface area contributed by atoms with Crippen LogP contribution in [0.2, 0.25) is 0 Å². The van der Waals surface area contributed by atoms with E-state index in [0.29, 0.717) is 18.1 Å². The molecule has 115 valence electrons. The number of piperidine rings is 1. The summed E-state index contributed by atoms with van der Waals surface area (Å²) in [6, 6.07) is 4.67. The lowest BCUT2D eigenvalue weighted by molar-refractivity contribution is -0.0137. The maximum Gasteiger partial charge on any atom is 0.166 e. The monoisotopic (exact) mass is 298 g/mol. The third kappa shape index (κ3) is 1.28. The summed E-state index contributed by atoms with van der Waals surface area (Å²) >= 11 is 0. The standard InChI is InChI=1S/C18H20NO3/c1-19-8-7-18-11-4-5-13(20)17(18)22-16-14(21-2)6-3-10(15(16)18)9-12(11)19/h3-6,11-12,17,20H,7-9H2,1-2H3/t11-,12+,17-,18-/m0/s1. The Morgan fingerprint density at radius 1 is 1.41 bits per heavy atom. The molecule has 5 rings (SSSR count). The van der Waals surface area contributed by atoms with Crippen molar-refractivity contribution in [3.63, 3.8) is 0 Å². The van der Waals surface area contributed by atoms with Gasteiger partial charge in [0.1, 0.15) is 6.10 Å². The number of likely N-dealkylation sites (N-methyl/N-ethyl adjacent to an activating group) is 1. The van der Waals surface area contributed by atoms with Gasteiger partial charge in [0.05, 0.1) is 7.11 Å². The highest BCUT2D eigenvalue weighted by atomic mass is 16.5. The predicted octanol–water partition coefficient (Wildman–Crippen LogP) is 2.04. The second-order valence-electron chi connectivity index (χ2n) is 6.98. The minimum atomic E-state index is -0.260. The average Bonchev–Trinajstić information content (AvgIpc) is 2.88. The van der Waals surface area contributed by atoms with Gasteiger partial charge in [-0.05, 0) is 44.1 Å². The minimum Gasteiger partial charge on any atom is -0.493 e.